The Kier molecular flexibility index (Phi) is 2.70. The maximum atomic E-state index is 12.8. The number of ether oxygens (including phenoxy) is 2. The molecule has 0 unspecified atom stereocenters. The van der Waals surface area contributed by atoms with Crippen LogP contribution in [0.15, 0.2) is 0 Å². The molecule has 8 heteroatoms. The van der Waals surface area contributed by atoms with Crippen molar-refractivity contribution in [1.29, 1.82) is 0 Å². The highest BCUT2D eigenvalue weighted by molar-refractivity contribution is 6.18. The molecule has 0 radical (unpaired) electrons. The van der Waals surface area contributed by atoms with E-state index in [1.165, 1.54) is 13.8 Å². The van der Waals surface area contributed by atoms with Crippen molar-refractivity contribution in [2.24, 2.45) is 11.3 Å². The number of ketones is 1. The first-order valence-corrected chi connectivity index (χ1v) is 5.57. The van der Waals surface area contributed by atoms with Gasteiger partial charge in [0, 0.05) is 13.8 Å². The van der Waals surface area contributed by atoms with Gasteiger partial charge in [0.25, 0.3) is 5.79 Å². The second-order valence-corrected chi connectivity index (χ2v) is 5.12. The first kappa shape index (κ1) is 13.8. The lowest BCUT2D eigenvalue weighted by molar-refractivity contribution is -0.241. The van der Waals surface area contributed by atoms with E-state index >= 15 is 0 Å². The summed E-state index contributed by atoms with van der Waals surface area (Å²) in [6, 6.07) is 0. The zero-order valence-electron chi connectivity index (χ0n) is 10.2. The van der Waals surface area contributed by atoms with E-state index in [0.717, 1.165) is 0 Å². The van der Waals surface area contributed by atoms with Crippen LogP contribution in [-0.4, -0.2) is 29.7 Å². The van der Waals surface area contributed by atoms with Gasteiger partial charge in [0.1, 0.15) is 5.41 Å². The minimum Gasteiger partial charge on any atom is -0.422 e. The third-order valence-electron chi connectivity index (χ3n) is 3.19. The molecule has 5 nitrogen and oxygen atoms in total. The fourth-order valence-electron chi connectivity index (χ4n) is 2.00. The summed E-state index contributed by atoms with van der Waals surface area (Å²) in [6.45, 7) is 2.50. The Hall–Kier alpha value is -1.60. The maximum absolute atomic E-state index is 12.8. The van der Waals surface area contributed by atoms with Crippen molar-refractivity contribution in [3.8, 4) is 0 Å². The molecule has 1 saturated heterocycles. The molecule has 0 aromatic heterocycles. The SMILES string of the molecule is CC1(C)OC(=O)C(C(=O)C2(C(F)(F)F)CC2)C(=O)O1. The minimum absolute atomic E-state index is 0.421. The molecule has 0 spiro atoms. The Balaban J connectivity index is 2.26. The second-order valence-electron chi connectivity index (χ2n) is 5.12. The molecule has 19 heavy (non-hydrogen) atoms. The molecule has 1 saturated carbocycles. The Morgan fingerprint density at radius 1 is 1.16 bits per heavy atom. The predicted octanol–water partition coefficient (Wildman–Crippen LogP) is 1.35. The van der Waals surface area contributed by atoms with Gasteiger partial charge in [0.2, 0.25) is 5.92 Å². The van der Waals surface area contributed by atoms with Crippen molar-refractivity contribution in [3.63, 3.8) is 0 Å². The third-order valence-corrected chi connectivity index (χ3v) is 3.19. The van der Waals surface area contributed by atoms with Gasteiger partial charge in [-0.2, -0.15) is 13.2 Å². The molecule has 2 aliphatic rings. The lowest BCUT2D eigenvalue weighted by Gasteiger charge is -2.33. The zero-order valence-corrected chi connectivity index (χ0v) is 10.2. The highest BCUT2D eigenvalue weighted by Crippen LogP contribution is 2.59. The lowest BCUT2D eigenvalue weighted by atomic mass is 9.88. The van der Waals surface area contributed by atoms with E-state index in [9.17, 15) is 27.6 Å². The predicted molar refractivity (Wildman–Crippen MR) is 52.5 cm³/mol. The number of cyclic esters (lactones) is 2. The number of halogens is 3. The largest absolute Gasteiger partial charge is 0.422 e. The van der Waals surface area contributed by atoms with Gasteiger partial charge in [-0.05, 0) is 12.8 Å². The van der Waals surface area contributed by atoms with E-state index < -0.39 is 53.9 Å². The molecule has 1 heterocycles. The van der Waals surface area contributed by atoms with E-state index in [-0.39, 0.29) is 0 Å². The van der Waals surface area contributed by atoms with Gasteiger partial charge in [-0.3, -0.25) is 14.4 Å². The third kappa shape index (κ3) is 2.08. The summed E-state index contributed by atoms with van der Waals surface area (Å²) < 4.78 is 47.6. The van der Waals surface area contributed by atoms with E-state index in [0.29, 0.717) is 0 Å². The Morgan fingerprint density at radius 2 is 1.58 bits per heavy atom. The van der Waals surface area contributed by atoms with Crippen LogP contribution in [0.1, 0.15) is 26.7 Å². The number of carbonyl (C=O) groups is 3. The molecule has 2 rings (SSSR count). The summed E-state index contributed by atoms with van der Waals surface area (Å²) in [7, 11) is 0. The van der Waals surface area contributed by atoms with Gasteiger partial charge in [-0.25, -0.2) is 0 Å². The maximum Gasteiger partial charge on any atom is 0.401 e. The summed E-state index contributed by atoms with van der Waals surface area (Å²) in [5.74, 6) is -7.77. The fraction of sp³-hybridized carbons (Fsp3) is 0.727. The molecule has 1 aliphatic heterocycles. The van der Waals surface area contributed by atoms with Gasteiger partial charge >= 0.3 is 18.1 Å². The van der Waals surface area contributed by atoms with E-state index in [4.69, 9.17) is 0 Å². The topological polar surface area (TPSA) is 69.7 Å². The molecule has 2 fully saturated rings. The molecule has 0 bridgehead atoms. The Morgan fingerprint density at radius 3 is 1.89 bits per heavy atom. The quantitative estimate of drug-likeness (QED) is 0.564. The van der Waals surface area contributed by atoms with Gasteiger partial charge < -0.3 is 9.47 Å². The number of rotatable bonds is 2. The van der Waals surface area contributed by atoms with Gasteiger partial charge in [-0.15, -0.1) is 0 Å². The standard InChI is InChI=1S/C11H11F3O5/c1-9(2)18-7(16)5(8(17)19-9)6(15)10(3-4-10)11(12,13)14/h5H,3-4H2,1-2H3. The molecule has 0 amide bonds. The monoisotopic (exact) mass is 280 g/mol. The molecule has 106 valence electrons. The van der Waals surface area contributed by atoms with Crippen molar-refractivity contribution >= 4 is 17.7 Å². The first-order chi connectivity index (χ1) is 8.50. The number of Topliss-reactive ketones (excluding diaryl/α,β-unsaturated/α-hetero) is 1. The highest BCUT2D eigenvalue weighted by Gasteiger charge is 2.71. The number of hydrogen-bond donors (Lipinski definition) is 0. The molecule has 0 N–H and O–H groups in total. The molecule has 0 atom stereocenters. The Labute approximate surface area is 106 Å². The number of carbonyl (C=O) groups excluding carboxylic acids is 3. The van der Waals surface area contributed by atoms with Crippen LogP contribution in [0, 0.1) is 11.3 Å². The lowest BCUT2D eigenvalue weighted by Crippen LogP contribution is -2.52. The van der Waals surface area contributed by atoms with E-state index in [1.807, 2.05) is 0 Å². The average molecular weight is 280 g/mol. The smallest absolute Gasteiger partial charge is 0.401 e. The number of esters is 2. The van der Waals surface area contributed by atoms with Crippen LogP contribution in [0.2, 0.25) is 0 Å². The van der Waals surface area contributed by atoms with Crippen LogP contribution >= 0.6 is 0 Å². The van der Waals surface area contributed by atoms with E-state index in [2.05, 4.69) is 9.47 Å². The molecule has 1 aliphatic carbocycles. The number of hydrogen-bond acceptors (Lipinski definition) is 5. The van der Waals surface area contributed by atoms with Gasteiger partial charge in [0.15, 0.2) is 5.78 Å². The van der Waals surface area contributed by atoms with Crippen molar-refractivity contribution in [2.75, 3.05) is 0 Å². The summed E-state index contributed by atoms with van der Waals surface area (Å²) in [6.07, 6.45) is -5.62. The van der Waals surface area contributed by atoms with Crippen LogP contribution in [0.5, 0.6) is 0 Å². The molecule has 0 aromatic carbocycles. The van der Waals surface area contributed by atoms with Crippen molar-refractivity contribution in [1.82, 2.24) is 0 Å². The Bertz CT molecular complexity index is 441. The fourth-order valence-corrected chi connectivity index (χ4v) is 2.00. The summed E-state index contributed by atoms with van der Waals surface area (Å²) in [5, 5.41) is 0. The highest BCUT2D eigenvalue weighted by atomic mass is 19.4. The summed E-state index contributed by atoms with van der Waals surface area (Å²) in [4.78, 5) is 34.9. The van der Waals surface area contributed by atoms with E-state index in [1.54, 1.807) is 0 Å². The van der Waals surface area contributed by atoms with Crippen LogP contribution in [0.25, 0.3) is 0 Å². The van der Waals surface area contributed by atoms with Gasteiger partial charge in [-0.1, -0.05) is 0 Å². The van der Waals surface area contributed by atoms with Crippen molar-refractivity contribution in [3.05, 3.63) is 0 Å². The number of alkyl halides is 3. The summed E-state index contributed by atoms with van der Waals surface area (Å²) >= 11 is 0. The average Bonchev–Trinajstić information content (AvgIpc) is 2.91. The minimum atomic E-state index is -4.78. The zero-order chi connectivity index (χ0) is 14.6. The second kappa shape index (κ2) is 3.71. The molecular weight excluding hydrogens is 269 g/mol. The summed E-state index contributed by atoms with van der Waals surface area (Å²) in [5.41, 5.74) is -2.60. The van der Waals surface area contributed by atoms with Crippen LogP contribution in [-0.2, 0) is 23.9 Å². The molecule has 0 aromatic rings. The van der Waals surface area contributed by atoms with Crippen LogP contribution in [0.4, 0.5) is 13.2 Å². The van der Waals surface area contributed by atoms with Crippen molar-refractivity contribution < 1.29 is 37.0 Å². The van der Waals surface area contributed by atoms with Crippen LogP contribution < -0.4 is 0 Å². The van der Waals surface area contributed by atoms with Gasteiger partial charge in [0.05, 0.1) is 0 Å². The molecular formula is C11H11F3O5. The first-order valence-electron chi connectivity index (χ1n) is 5.57. The van der Waals surface area contributed by atoms with Crippen LogP contribution in [0.3, 0.4) is 0 Å². The normalized spacial score (nSPS) is 25.5. The van der Waals surface area contributed by atoms with Crippen molar-refractivity contribution in [2.45, 2.75) is 38.7 Å².